The fourth-order valence-corrected chi connectivity index (χ4v) is 3.91. The molecule has 1 aromatic heterocycles. The van der Waals surface area contributed by atoms with E-state index in [1.807, 2.05) is 0 Å². The number of nitrogens with two attached hydrogens (primary N) is 1. The standard InChI is InChI=1S/C16H23N3S/c17-10-4-3-5-13-8-11-19(12-9-13)16-14-6-1-2-7-15(14)20-18-16/h1-2,6-7,13H,3-5,8-12,17H2. The maximum Gasteiger partial charge on any atom is 0.150 e. The molecule has 0 spiro atoms. The van der Waals surface area contributed by atoms with E-state index in [4.69, 9.17) is 5.73 Å². The molecule has 0 amide bonds. The molecule has 4 heteroatoms. The van der Waals surface area contributed by atoms with Crippen LogP contribution >= 0.6 is 11.5 Å². The lowest BCUT2D eigenvalue weighted by Crippen LogP contribution is -2.33. The Labute approximate surface area is 124 Å². The normalized spacial score (nSPS) is 16.9. The van der Waals surface area contributed by atoms with Crippen molar-refractivity contribution in [2.24, 2.45) is 11.7 Å². The molecule has 20 heavy (non-hydrogen) atoms. The van der Waals surface area contributed by atoms with Gasteiger partial charge < -0.3 is 10.6 Å². The van der Waals surface area contributed by atoms with Crippen molar-refractivity contribution in [1.82, 2.24) is 4.37 Å². The van der Waals surface area contributed by atoms with Crippen molar-refractivity contribution < 1.29 is 0 Å². The van der Waals surface area contributed by atoms with E-state index in [0.29, 0.717) is 0 Å². The smallest absolute Gasteiger partial charge is 0.150 e. The van der Waals surface area contributed by atoms with Crippen LogP contribution in [0.3, 0.4) is 0 Å². The lowest BCUT2D eigenvalue weighted by Gasteiger charge is -2.32. The Balaban J connectivity index is 1.60. The number of anilines is 1. The summed E-state index contributed by atoms with van der Waals surface area (Å²) in [4.78, 5) is 2.47. The molecular weight excluding hydrogens is 266 g/mol. The van der Waals surface area contributed by atoms with Gasteiger partial charge in [-0.1, -0.05) is 25.0 Å². The first kappa shape index (κ1) is 13.8. The van der Waals surface area contributed by atoms with Crippen molar-refractivity contribution in [3.63, 3.8) is 0 Å². The van der Waals surface area contributed by atoms with Gasteiger partial charge in [0.15, 0.2) is 0 Å². The number of benzene rings is 1. The van der Waals surface area contributed by atoms with Gasteiger partial charge in [-0.15, -0.1) is 0 Å². The minimum atomic E-state index is 0.837. The van der Waals surface area contributed by atoms with Crippen LogP contribution in [-0.4, -0.2) is 24.0 Å². The minimum absolute atomic E-state index is 0.837. The highest BCUT2D eigenvalue weighted by Crippen LogP contribution is 2.32. The highest BCUT2D eigenvalue weighted by atomic mass is 32.1. The molecule has 1 aromatic carbocycles. The van der Waals surface area contributed by atoms with Gasteiger partial charge in [0, 0.05) is 18.5 Å². The molecule has 2 aromatic rings. The lowest BCUT2D eigenvalue weighted by atomic mass is 9.91. The van der Waals surface area contributed by atoms with Crippen molar-refractivity contribution in [2.45, 2.75) is 32.1 Å². The summed E-state index contributed by atoms with van der Waals surface area (Å²) in [7, 11) is 0. The molecule has 108 valence electrons. The monoisotopic (exact) mass is 289 g/mol. The van der Waals surface area contributed by atoms with Gasteiger partial charge in [0.25, 0.3) is 0 Å². The van der Waals surface area contributed by atoms with Crippen LogP contribution < -0.4 is 10.6 Å². The van der Waals surface area contributed by atoms with Crippen LogP contribution in [0.15, 0.2) is 24.3 Å². The first-order chi connectivity index (χ1) is 9.88. The van der Waals surface area contributed by atoms with E-state index >= 15 is 0 Å². The van der Waals surface area contributed by atoms with Crippen LogP contribution in [-0.2, 0) is 0 Å². The summed E-state index contributed by atoms with van der Waals surface area (Å²) in [5, 5.41) is 1.32. The van der Waals surface area contributed by atoms with E-state index in [0.717, 1.165) is 25.6 Å². The molecule has 1 aliphatic heterocycles. The van der Waals surface area contributed by atoms with Crippen molar-refractivity contribution in [1.29, 1.82) is 0 Å². The molecular formula is C16H23N3S. The van der Waals surface area contributed by atoms with Gasteiger partial charge in [-0.25, -0.2) is 0 Å². The highest BCUT2D eigenvalue weighted by molar-refractivity contribution is 7.13. The zero-order valence-electron chi connectivity index (χ0n) is 11.9. The van der Waals surface area contributed by atoms with Crippen molar-refractivity contribution in [3.05, 3.63) is 24.3 Å². The molecule has 1 aliphatic rings. The van der Waals surface area contributed by atoms with Crippen LogP contribution in [0.1, 0.15) is 32.1 Å². The summed E-state index contributed by atoms with van der Waals surface area (Å²) < 4.78 is 5.97. The molecule has 0 saturated carbocycles. The number of nitrogens with zero attached hydrogens (tertiary/aromatic N) is 2. The van der Waals surface area contributed by atoms with Crippen LogP contribution in [0.2, 0.25) is 0 Å². The van der Waals surface area contributed by atoms with Gasteiger partial charge in [0.05, 0.1) is 4.70 Å². The quantitative estimate of drug-likeness (QED) is 0.854. The zero-order valence-corrected chi connectivity index (χ0v) is 12.7. The first-order valence-electron chi connectivity index (χ1n) is 7.68. The Hall–Kier alpha value is -1.13. The van der Waals surface area contributed by atoms with Crippen LogP contribution in [0.25, 0.3) is 10.1 Å². The first-order valence-corrected chi connectivity index (χ1v) is 8.45. The zero-order chi connectivity index (χ0) is 13.8. The van der Waals surface area contributed by atoms with E-state index in [9.17, 15) is 0 Å². The van der Waals surface area contributed by atoms with E-state index in [2.05, 4.69) is 33.5 Å². The lowest BCUT2D eigenvalue weighted by molar-refractivity contribution is 0.369. The van der Waals surface area contributed by atoms with Gasteiger partial charge in [-0.2, -0.15) is 4.37 Å². The predicted octanol–water partition coefficient (Wildman–Crippen LogP) is 3.64. The molecule has 0 aliphatic carbocycles. The predicted molar refractivity (Wildman–Crippen MR) is 87.5 cm³/mol. The van der Waals surface area contributed by atoms with E-state index in [1.54, 1.807) is 11.5 Å². The SMILES string of the molecule is NCCCCC1CCN(c2nsc3ccccc23)CC1. The molecule has 1 saturated heterocycles. The summed E-state index contributed by atoms with van der Waals surface area (Å²) in [5.41, 5.74) is 5.57. The summed E-state index contributed by atoms with van der Waals surface area (Å²) in [6, 6.07) is 8.56. The van der Waals surface area contributed by atoms with Crippen molar-refractivity contribution in [3.8, 4) is 0 Å². The maximum atomic E-state index is 5.57. The van der Waals surface area contributed by atoms with Gasteiger partial charge in [0.1, 0.15) is 5.82 Å². The molecule has 0 unspecified atom stereocenters. The van der Waals surface area contributed by atoms with Crippen LogP contribution in [0, 0.1) is 5.92 Å². The third-order valence-corrected chi connectivity index (χ3v) is 5.16. The fourth-order valence-electron chi connectivity index (χ4n) is 3.11. The molecule has 1 fully saturated rings. The second-order valence-corrected chi connectivity index (χ2v) is 6.52. The Morgan fingerprint density at radius 1 is 1.20 bits per heavy atom. The number of fused-ring (bicyclic) bond motifs is 1. The number of unbranched alkanes of at least 4 members (excludes halogenated alkanes) is 1. The van der Waals surface area contributed by atoms with E-state index < -0.39 is 0 Å². The largest absolute Gasteiger partial charge is 0.355 e. The molecule has 3 nitrogen and oxygen atoms in total. The number of hydrogen-bond donors (Lipinski definition) is 1. The second-order valence-electron chi connectivity index (χ2n) is 5.72. The number of aromatic nitrogens is 1. The second kappa shape index (κ2) is 6.55. The van der Waals surface area contributed by atoms with E-state index in [1.165, 1.54) is 48.0 Å². The number of piperidine rings is 1. The Kier molecular flexibility index (Phi) is 4.53. The van der Waals surface area contributed by atoms with Crippen molar-refractivity contribution in [2.75, 3.05) is 24.5 Å². The Morgan fingerprint density at radius 2 is 2.00 bits per heavy atom. The van der Waals surface area contributed by atoms with Crippen LogP contribution in [0.4, 0.5) is 5.82 Å². The molecule has 0 atom stereocenters. The molecule has 0 bridgehead atoms. The van der Waals surface area contributed by atoms with Gasteiger partial charge in [-0.3, -0.25) is 0 Å². The molecule has 2 N–H and O–H groups in total. The highest BCUT2D eigenvalue weighted by Gasteiger charge is 2.21. The third kappa shape index (κ3) is 2.96. The Morgan fingerprint density at radius 3 is 2.80 bits per heavy atom. The van der Waals surface area contributed by atoms with Gasteiger partial charge in [0.2, 0.25) is 0 Å². The summed E-state index contributed by atoms with van der Waals surface area (Å²) in [6.07, 6.45) is 6.42. The van der Waals surface area contributed by atoms with Crippen LogP contribution in [0.5, 0.6) is 0 Å². The third-order valence-electron chi connectivity index (χ3n) is 4.34. The van der Waals surface area contributed by atoms with Gasteiger partial charge >= 0.3 is 0 Å². The average molecular weight is 289 g/mol. The summed E-state index contributed by atoms with van der Waals surface area (Å²) >= 11 is 1.62. The van der Waals surface area contributed by atoms with Gasteiger partial charge in [-0.05, 0) is 55.4 Å². The molecule has 0 radical (unpaired) electrons. The molecule has 2 heterocycles. The number of hydrogen-bond acceptors (Lipinski definition) is 4. The summed E-state index contributed by atoms with van der Waals surface area (Å²) in [6.45, 7) is 3.14. The topological polar surface area (TPSA) is 42.1 Å². The van der Waals surface area contributed by atoms with Crippen molar-refractivity contribution >= 4 is 27.4 Å². The number of rotatable bonds is 5. The average Bonchev–Trinajstić information content (AvgIpc) is 2.92. The summed E-state index contributed by atoms with van der Waals surface area (Å²) in [5.74, 6) is 2.09. The van der Waals surface area contributed by atoms with E-state index in [-0.39, 0.29) is 0 Å². The Bertz CT molecular complexity index is 543. The maximum absolute atomic E-state index is 5.57. The minimum Gasteiger partial charge on any atom is -0.355 e. The molecule has 3 rings (SSSR count). The fraction of sp³-hybridized carbons (Fsp3) is 0.562.